The van der Waals surface area contributed by atoms with E-state index in [4.69, 9.17) is 5.73 Å². The summed E-state index contributed by atoms with van der Waals surface area (Å²) in [6, 6.07) is 9.94. The van der Waals surface area contributed by atoms with Gasteiger partial charge >= 0.3 is 0 Å². The van der Waals surface area contributed by atoms with Crippen molar-refractivity contribution >= 4 is 5.91 Å². The summed E-state index contributed by atoms with van der Waals surface area (Å²) in [5.41, 5.74) is 8.96. The van der Waals surface area contributed by atoms with Crippen molar-refractivity contribution in [2.24, 2.45) is 18.7 Å². The van der Waals surface area contributed by atoms with E-state index in [1.54, 1.807) is 10.9 Å². The molecule has 5 heteroatoms. The third-order valence-electron chi connectivity index (χ3n) is 3.77. The average Bonchev–Trinajstić information content (AvgIpc) is 2.83. The van der Waals surface area contributed by atoms with Gasteiger partial charge < -0.3 is 11.1 Å². The lowest BCUT2D eigenvalue weighted by molar-refractivity contribution is -0.124. The molecule has 0 fully saturated rings. The van der Waals surface area contributed by atoms with Gasteiger partial charge in [0.15, 0.2) is 0 Å². The van der Waals surface area contributed by atoms with E-state index < -0.39 is 0 Å². The highest BCUT2D eigenvalue weighted by Gasteiger charge is 2.17. The predicted molar refractivity (Wildman–Crippen MR) is 82.5 cm³/mol. The van der Waals surface area contributed by atoms with E-state index in [1.807, 2.05) is 44.3 Å². The van der Waals surface area contributed by atoms with Gasteiger partial charge in [0.05, 0.1) is 12.1 Å². The third kappa shape index (κ3) is 3.92. The Labute approximate surface area is 125 Å². The zero-order chi connectivity index (χ0) is 15.2. The minimum atomic E-state index is -0.204. The van der Waals surface area contributed by atoms with E-state index in [0.717, 1.165) is 16.8 Å². The van der Waals surface area contributed by atoms with Gasteiger partial charge in [0, 0.05) is 31.4 Å². The Morgan fingerprint density at radius 2 is 2.10 bits per heavy atom. The van der Waals surface area contributed by atoms with E-state index in [-0.39, 0.29) is 11.8 Å². The van der Waals surface area contributed by atoms with Crippen LogP contribution in [0.25, 0.3) is 0 Å². The van der Waals surface area contributed by atoms with Crippen molar-refractivity contribution in [2.45, 2.75) is 19.9 Å². The maximum atomic E-state index is 12.3. The molecule has 1 amide bonds. The SMILES string of the molecule is Cc1c(CNC(=O)C(CN)Cc2ccccc2)cnn1C. The standard InChI is InChI=1S/C16H22N4O/c1-12-15(11-19-20(12)2)10-18-16(21)14(9-17)8-13-6-4-3-5-7-13/h3-7,11,14H,8-10,17H2,1-2H3,(H,18,21). The number of benzene rings is 1. The highest BCUT2D eigenvalue weighted by Crippen LogP contribution is 2.09. The maximum Gasteiger partial charge on any atom is 0.224 e. The van der Waals surface area contributed by atoms with Gasteiger partial charge in [-0.3, -0.25) is 9.48 Å². The normalized spacial score (nSPS) is 12.1. The first kappa shape index (κ1) is 15.3. The minimum Gasteiger partial charge on any atom is -0.352 e. The van der Waals surface area contributed by atoms with E-state index >= 15 is 0 Å². The third-order valence-corrected chi connectivity index (χ3v) is 3.77. The van der Waals surface area contributed by atoms with Crippen LogP contribution in [-0.4, -0.2) is 22.2 Å². The van der Waals surface area contributed by atoms with Crippen LogP contribution in [-0.2, 0) is 24.8 Å². The monoisotopic (exact) mass is 286 g/mol. The molecule has 0 aliphatic rings. The van der Waals surface area contributed by atoms with Gasteiger partial charge in [0.25, 0.3) is 0 Å². The zero-order valence-corrected chi connectivity index (χ0v) is 12.5. The number of carbonyl (C=O) groups is 1. The first-order chi connectivity index (χ1) is 10.1. The smallest absolute Gasteiger partial charge is 0.224 e. The Balaban J connectivity index is 1.93. The summed E-state index contributed by atoms with van der Waals surface area (Å²) in [7, 11) is 1.89. The summed E-state index contributed by atoms with van der Waals surface area (Å²) in [6.45, 7) is 2.81. The predicted octanol–water partition coefficient (Wildman–Crippen LogP) is 1.16. The van der Waals surface area contributed by atoms with Crippen molar-refractivity contribution in [3.8, 4) is 0 Å². The lowest BCUT2D eigenvalue weighted by Crippen LogP contribution is -2.36. The summed E-state index contributed by atoms with van der Waals surface area (Å²) >= 11 is 0. The second-order valence-electron chi connectivity index (χ2n) is 5.22. The number of aryl methyl sites for hydroxylation is 1. The summed E-state index contributed by atoms with van der Waals surface area (Å²) in [4.78, 5) is 12.3. The van der Waals surface area contributed by atoms with Crippen LogP contribution in [0, 0.1) is 12.8 Å². The molecule has 1 unspecified atom stereocenters. The molecule has 2 rings (SSSR count). The van der Waals surface area contributed by atoms with Crippen molar-refractivity contribution in [1.29, 1.82) is 0 Å². The maximum absolute atomic E-state index is 12.3. The van der Waals surface area contributed by atoms with Crippen LogP contribution in [0.1, 0.15) is 16.8 Å². The van der Waals surface area contributed by atoms with Gasteiger partial charge in [-0.1, -0.05) is 30.3 Å². The van der Waals surface area contributed by atoms with Crippen molar-refractivity contribution < 1.29 is 4.79 Å². The van der Waals surface area contributed by atoms with Gasteiger partial charge in [-0.2, -0.15) is 5.10 Å². The summed E-state index contributed by atoms with van der Waals surface area (Å²) < 4.78 is 1.80. The molecule has 0 saturated carbocycles. The number of nitrogens with one attached hydrogen (secondary N) is 1. The Morgan fingerprint density at radius 1 is 1.38 bits per heavy atom. The van der Waals surface area contributed by atoms with E-state index in [2.05, 4.69) is 10.4 Å². The topological polar surface area (TPSA) is 72.9 Å². The highest BCUT2D eigenvalue weighted by molar-refractivity contribution is 5.79. The summed E-state index contributed by atoms with van der Waals surface area (Å²) in [5.74, 6) is -0.214. The molecule has 21 heavy (non-hydrogen) atoms. The Bertz CT molecular complexity index is 592. The fourth-order valence-electron chi connectivity index (χ4n) is 2.23. The molecule has 1 heterocycles. The van der Waals surface area contributed by atoms with Crippen LogP contribution < -0.4 is 11.1 Å². The molecule has 1 atom stereocenters. The second kappa shape index (κ2) is 7.04. The molecular formula is C16H22N4O. The van der Waals surface area contributed by atoms with Gasteiger partial charge in [-0.15, -0.1) is 0 Å². The van der Waals surface area contributed by atoms with Crippen molar-refractivity contribution in [1.82, 2.24) is 15.1 Å². The number of hydrogen-bond acceptors (Lipinski definition) is 3. The van der Waals surface area contributed by atoms with Crippen molar-refractivity contribution in [3.63, 3.8) is 0 Å². The van der Waals surface area contributed by atoms with E-state index in [9.17, 15) is 4.79 Å². The Morgan fingerprint density at radius 3 is 2.67 bits per heavy atom. The molecule has 112 valence electrons. The fraction of sp³-hybridized carbons (Fsp3) is 0.375. The molecule has 2 aromatic rings. The van der Waals surface area contributed by atoms with Crippen LogP contribution in [0.5, 0.6) is 0 Å². The lowest BCUT2D eigenvalue weighted by Gasteiger charge is -2.15. The van der Waals surface area contributed by atoms with Crippen LogP contribution in [0.3, 0.4) is 0 Å². The number of nitrogens with two attached hydrogens (primary N) is 1. The Hall–Kier alpha value is -2.14. The molecule has 0 radical (unpaired) electrons. The molecule has 1 aromatic carbocycles. The quantitative estimate of drug-likeness (QED) is 0.837. The molecule has 1 aromatic heterocycles. The molecule has 0 bridgehead atoms. The fourth-order valence-corrected chi connectivity index (χ4v) is 2.23. The minimum absolute atomic E-state index is 0.00962. The molecule has 3 N–H and O–H groups in total. The van der Waals surface area contributed by atoms with E-state index in [0.29, 0.717) is 19.5 Å². The number of hydrogen-bond donors (Lipinski definition) is 2. The van der Waals surface area contributed by atoms with Crippen LogP contribution in [0.2, 0.25) is 0 Å². The number of nitrogens with zero attached hydrogens (tertiary/aromatic N) is 2. The van der Waals surface area contributed by atoms with Gasteiger partial charge in [-0.25, -0.2) is 0 Å². The largest absolute Gasteiger partial charge is 0.352 e. The van der Waals surface area contributed by atoms with Gasteiger partial charge in [0.2, 0.25) is 5.91 Å². The van der Waals surface area contributed by atoms with Crippen molar-refractivity contribution in [3.05, 3.63) is 53.3 Å². The zero-order valence-electron chi connectivity index (χ0n) is 12.5. The van der Waals surface area contributed by atoms with Crippen LogP contribution in [0.4, 0.5) is 0 Å². The molecule has 0 saturated heterocycles. The number of carbonyl (C=O) groups excluding carboxylic acids is 1. The highest BCUT2D eigenvalue weighted by atomic mass is 16.1. The first-order valence-corrected chi connectivity index (χ1v) is 7.11. The Kier molecular flexibility index (Phi) is 5.11. The molecular weight excluding hydrogens is 264 g/mol. The molecule has 0 aliphatic heterocycles. The number of rotatable bonds is 6. The summed E-state index contributed by atoms with van der Waals surface area (Å²) in [6.07, 6.45) is 2.44. The second-order valence-corrected chi connectivity index (χ2v) is 5.22. The molecule has 5 nitrogen and oxygen atoms in total. The van der Waals surface area contributed by atoms with Gasteiger partial charge in [0.1, 0.15) is 0 Å². The summed E-state index contributed by atoms with van der Waals surface area (Å²) in [5, 5.41) is 7.12. The number of aromatic nitrogens is 2. The van der Waals surface area contributed by atoms with Crippen LogP contribution >= 0.6 is 0 Å². The van der Waals surface area contributed by atoms with Gasteiger partial charge in [-0.05, 0) is 18.9 Å². The molecule has 0 spiro atoms. The number of amides is 1. The molecule has 0 aliphatic carbocycles. The van der Waals surface area contributed by atoms with Crippen molar-refractivity contribution in [2.75, 3.05) is 6.54 Å². The first-order valence-electron chi connectivity index (χ1n) is 7.11. The average molecular weight is 286 g/mol. The van der Waals surface area contributed by atoms with E-state index in [1.165, 1.54) is 0 Å². The lowest BCUT2D eigenvalue weighted by atomic mass is 9.98. The van der Waals surface area contributed by atoms with Crippen LogP contribution in [0.15, 0.2) is 36.5 Å².